The van der Waals surface area contributed by atoms with Crippen molar-refractivity contribution in [1.82, 2.24) is 4.98 Å². The lowest BCUT2D eigenvalue weighted by Gasteiger charge is -1.97. The van der Waals surface area contributed by atoms with Gasteiger partial charge in [0.25, 0.3) is 0 Å². The molecule has 0 saturated heterocycles. The normalized spacial score (nSPS) is 10.5. The molecule has 0 radical (unpaired) electrons. The Morgan fingerprint density at radius 3 is 2.93 bits per heavy atom. The fourth-order valence-electron chi connectivity index (χ4n) is 1.32. The van der Waals surface area contributed by atoms with Crippen LogP contribution in [0.2, 0.25) is 5.02 Å². The number of oxazole rings is 1. The third kappa shape index (κ3) is 2.58. The maximum Gasteiger partial charge on any atom is 0.198 e. The standard InChI is InChI=1S/C11H10ClNO2/c12-9-3-1-2-8(4-9)5-11-13-10(6-14)7-15-11/h1-4,7,14H,5-6H2. The van der Waals surface area contributed by atoms with Crippen LogP contribution in [-0.2, 0) is 13.0 Å². The summed E-state index contributed by atoms with van der Waals surface area (Å²) in [5.74, 6) is 0.585. The maximum atomic E-state index is 8.82. The molecule has 1 aromatic heterocycles. The van der Waals surface area contributed by atoms with E-state index in [1.165, 1.54) is 6.26 Å². The van der Waals surface area contributed by atoms with Crippen molar-refractivity contribution in [2.24, 2.45) is 0 Å². The van der Waals surface area contributed by atoms with Crippen molar-refractivity contribution in [3.8, 4) is 0 Å². The average Bonchev–Trinajstić information content (AvgIpc) is 2.65. The number of halogens is 1. The number of aliphatic hydroxyl groups is 1. The molecule has 0 atom stereocenters. The zero-order valence-electron chi connectivity index (χ0n) is 7.98. The number of rotatable bonds is 3. The molecule has 2 aromatic rings. The Hall–Kier alpha value is -1.32. The highest BCUT2D eigenvalue weighted by Crippen LogP contribution is 2.14. The van der Waals surface area contributed by atoms with E-state index in [1.54, 1.807) is 0 Å². The predicted molar refractivity (Wildman–Crippen MR) is 56.7 cm³/mol. The number of aliphatic hydroxyl groups excluding tert-OH is 1. The smallest absolute Gasteiger partial charge is 0.198 e. The fourth-order valence-corrected chi connectivity index (χ4v) is 1.54. The Labute approximate surface area is 92.3 Å². The summed E-state index contributed by atoms with van der Waals surface area (Å²) in [5, 5.41) is 9.51. The first-order valence-electron chi connectivity index (χ1n) is 4.56. The van der Waals surface area contributed by atoms with Crippen LogP contribution in [0, 0.1) is 0 Å². The molecule has 4 heteroatoms. The van der Waals surface area contributed by atoms with E-state index in [0.717, 1.165) is 5.56 Å². The minimum absolute atomic E-state index is 0.0982. The lowest BCUT2D eigenvalue weighted by Crippen LogP contribution is -1.89. The van der Waals surface area contributed by atoms with Crippen molar-refractivity contribution in [2.45, 2.75) is 13.0 Å². The molecular weight excluding hydrogens is 214 g/mol. The lowest BCUT2D eigenvalue weighted by atomic mass is 10.1. The van der Waals surface area contributed by atoms with Gasteiger partial charge in [0.15, 0.2) is 5.89 Å². The fraction of sp³-hybridized carbons (Fsp3) is 0.182. The molecule has 0 aliphatic carbocycles. The monoisotopic (exact) mass is 223 g/mol. The molecule has 0 fully saturated rings. The summed E-state index contributed by atoms with van der Waals surface area (Å²) in [7, 11) is 0. The van der Waals surface area contributed by atoms with Gasteiger partial charge in [-0.1, -0.05) is 23.7 Å². The first-order valence-corrected chi connectivity index (χ1v) is 4.94. The molecule has 1 aromatic carbocycles. The van der Waals surface area contributed by atoms with Gasteiger partial charge >= 0.3 is 0 Å². The maximum absolute atomic E-state index is 8.82. The van der Waals surface area contributed by atoms with Crippen LogP contribution >= 0.6 is 11.6 Å². The molecular formula is C11H10ClNO2. The number of nitrogens with zero attached hydrogens (tertiary/aromatic N) is 1. The van der Waals surface area contributed by atoms with Crippen LogP contribution in [0.25, 0.3) is 0 Å². The average molecular weight is 224 g/mol. The van der Waals surface area contributed by atoms with Crippen molar-refractivity contribution in [3.05, 3.63) is 52.7 Å². The van der Waals surface area contributed by atoms with Crippen LogP contribution in [0.4, 0.5) is 0 Å². The van der Waals surface area contributed by atoms with E-state index >= 15 is 0 Å². The molecule has 15 heavy (non-hydrogen) atoms. The number of hydrogen-bond acceptors (Lipinski definition) is 3. The van der Waals surface area contributed by atoms with E-state index in [4.69, 9.17) is 21.1 Å². The van der Waals surface area contributed by atoms with Gasteiger partial charge in [-0.15, -0.1) is 0 Å². The highest BCUT2D eigenvalue weighted by atomic mass is 35.5. The van der Waals surface area contributed by atoms with Gasteiger partial charge in [0, 0.05) is 11.4 Å². The van der Waals surface area contributed by atoms with E-state index in [2.05, 4.69) is 4.98 Å². The molecule has 0 unspecified atom stereocenters. The Morgan fingerprint density at radius 1 is 1.40 bits per heavy atom. The quantitative estimate of drug-likeness (QED) is 0.869. The second kappa shape index (κ2) is 4.47. The first kappa shape index (κ1) is 10.2. The molecule has 0 amide bonds. The Balaban J connectivity index is 2.14. The van der Waals surface area contributed by atoms with Crippen molar-refractivity contribution in [3.63, 3.8) is 0 Å². The number of benzene rings is 1. The second-order valence-electron chi connectivity index (χ2n) is 3.20. The highest BCUT2D eigenvalue weighted by molar-refractivity contribution is 6.30. The van der Waals surface area contributed by atoms with Gasteiger partial charge in [0.2, 0.25) is 0 Å². The first-order chi connectivity index (χ1) is 7.28. The molecule has 0 saturated carbocycles. The third-order valence-corrected chi connectivity index (χ3v) is 2.24. The highest BCUT2D eigenvalue weighted by Gasteiger charge is 2.04. The van der Waals surface area contributed by atoms with Crippen molar-refractivity contribution >= 4 is 11.6 Å². The summed E-state index contributed by atoms with van der Waals surface area (Å²) in [5.41, 5.74) is 1.58. The zero-order chi connectivity index (χ0) is 10.7. The number of aromatic nitrogens is 1. The number of hydrogen-bond donors (Lipinski definition) is 1. The summed E-state index contributed by atoms with van der Waals surface area (Å²) in [6.07, 6.45) is 2.04. The molecule has 0 aliphatic rings. The van der Waals surface area contributed by atoms with E-state index in [1.807, 2.05) is 24.3 Å². The molecule has 78 valence electrons. The SMILES string of the molecule is OCc1coc(Cc2cccc(Cl)c2)n1. The molecule has 2 rings (SSSR count). The van der Waals surface area contributed by atoms with Gasteiger partial charge < -0.3 is 9.52 Å². The predicted octanol–water partition coefficient (Wildman–Crippen LogP) is 2.41. The summed E-state index contributed by atoms with van der Waals surface area (Å²) >= 11 is 5.85. The van der Waals surface area contributed by atoms with Crippen LogP contribution in [0.3, 0.4) is 0 Å². The summed E-state index contributed by atoms with van der Waals surface area (Å²) in [6.45, 7) is -0.0982. The van der Waals surface area contributed by atoms with Crippen molar-refractivity contribution in [1.29, 1.82) is 0 Å². The van der Waals surface area contributed by atoms with Gasteiger partial charge in [-0.2, -0.15) is 0 Å². The Morgan fingerprint density at radius 2 is 2.27 bits per heavy atom. The van der Waals surface area contributed by atoms with Gasteiger partial charge in [-0.25, -0.2) is 4.98 Å². The van der Waals surface area contributed by atoms with E-state index < -0.39 is 0 Å². The summed E-state index contributed by atoms with van der Waals surface area (Å²) in [4.78, 5) is 4.09. The van der Waals surface area contributed by atoms with Gasteiger partial charge in [-0.3, -0.25) is 0 Å². The minimum Gasteiger partial charge on any atom is -0.448 e. The molecule has 3 nitrogen and oxygen atoms in total. The van der Waals surface area contributed by atoms with Gasteiger partial charge in [-0.05, 0) is 17.7 Å². The van der Waals surface area contributed by atoms with Crippen molar-refractivity contribution in [2.75, 3.05) is 0 Å². The molecule has 1 heterocycles. The molecule has 0 spiro atoms. The Bertz CT molecular complexity index is 453. The van der Waals surface area contributed by atoms with Gasteiger partial charge in [0.05, 0.1) is 6.61 Å². The van der Waals surface area contributed by atoms with Crippen LogP contribution < -0.4 is 0 Å². The van der Waals surface area contributed by atoms with Crippen LogP contribution in [-0.4, -0.2) is 10.1 Å². The summed E-state index contributed by atoms with van der Waals surface area (Å²) < 4.78 is 5.19. The van der Waals surface area contributed by atoms with Crippen LogP contribution in [0.5, 0.6) is 0 Å². The van der Waals surface area contributed by atoms with E-state index in [9.17, 15) is 0 Å². The summed E-state index contributed by atoms with van der Waals surface area (Å²) in [6, 6.07) is 7.52. The van der Waals surface area contributed by atoms with Crippen molar-refractivity contribution < 1.29 is 9.52 Å². The van der Waals surface area contributed by atoms with E-state index in [-0.39, 0.29) is 6.61 Å². The lowest BCUT2D eigenvalue weighted by molar-refractivity contribution is 0.276. The Kier molecular flexibility index (Phi) is 3.04. The topological polar surface area (TPSA) is 46.3 Å². The van der Waals surface area contributed by atoms with Gasteiger partial charge in [0.1, 0.15) is 12.0 Å². The van der Waals surface area contributed by atoms with Crippen LogP contribution in [0.1, 0.15) is 17.1 Å². The second-order valence-corrected chi connectivity index (χ2v) is 3.63. The largest absolute Gasteiger partial charge is 0.448 e. The third-order valence-electron chi connectivity index (χ3n) is 2.01. The molecule has 0 bridgehead atoms. The van der Waals surface area contributed by atoms with Crippen LogP contribution in [0.15, 0.2) is 34.9 Å². The molecule has 1 N–H and O–H groups in total. The van der Waals surface area contributed by atoms with E-state index in [0.29, 0.717) is 23.0 Å². The minimum atomic E-state index is -0.0982. The zero-order valence-corrected chi connectivity index (χ0v) is 8.74. The molecule has 0 aliphatic heterocycles.